The molecule has 0 aliphatic carbocycles. The number of imidazole rings is 1. The lowest BCUT2D eigenvalue weighted by Gasteiger charge is -2.25. The van der Waals surface area contributed by atoms with E-state index in [0.717, 1.165) is 24.1 Å². The fourth-order valence-electron chi connectivity index (χ4n) is 4.71. The molecule has 2 heterocycles. The van der Waals surface area contributed by atoms with Crippen LogP contribution in [0, 0.1) is 0 Å². The average Bonchev–Trinajstić information content (AvgIpc) is 3.67. The van der Waals surface area contributed by atoms with E-state index >= 15 is 0 Å². The summed E-state index contributed by atoms with van der Waals surface area (Å²) in [6.07, 6.45) is 3.45. The third-order valence-electron chi connectivity index (χ3n) is 6.82. The summed E-state index contributed by atoms with van der Waals surface area (Å²) in [5.74, 6) is 0.851. The number of ether oxygens (including phenoxy) is 3. The third kappa shape index (κ3) is 6.87. The van der Waals surface area contributed by atoms with Crippen molar-refractivity contribution < 1.29 is 23.8 Å². The van der Waals surface area contributed by atoms with Gasteiger partial charge in [-0.1, -0.05) is 35.9 Å². The predicted molar refractivity (Wildman–Crippen MR) is 157 cm³/mol. The number of amides is 2. The van der Waals surface area contributed by atoms with Crippen molar-refractivity contribution in [2.24, 2.45) is 0 Å². The maximum absolute atomic E-state index is 13.6. The molecular formula is C31H31ClN4O5. The Morgan fingerprint density at radius 1 is 1.05 bits per heavy atom. The number of aromatic nitrogens is 2. The number of anilines is 1. The van der Waals surface area contributed by atoms with E-state index in [1.807, 2.05) is 42.6 Å². The topological polar surface area (TPSA) is 94.9 Å². The number of nitrogens with zero attached hydrogens (tertiary/aromatic N) is 3. The highest BCUT2D eigenvalue weighted by Crippen LogP contribution is 2.27. The van der Waals surface area contributed by atoms with Crippen molar-refractivity contribution in [3.05, 3.63) is 89.6 Å². The van der Waals surface area contributed by atoms with Crippen LogP contribution in [0.25, 0.3) is 16.9 Å². The molecule has 0 radical (unpaired) electrons. The molecule has 1 N–H and O–H groups in total. The van der Waals surface area contributed by atoms with Crippen LogP contribution in [-0.4, -0.2) is 66.3 Å². The van der Waals surface area contributed by atoms with Crippen LogP contribution in [0.4, 0.5) is 5.95 Å². The lowest BCUT2D eigenvalue weighted by atomic mass is 10.1. The van der Waals surface area contributed by atoms with Gasteiger partial charge >= 0.3 is 0 Å². The number of nitrogens with one attached hydrogen (secondary N) is 1. The quantitative estimate of drug-likeness (QED) is 0.270. The minimum Gasteiger partial charge on any atom is -0.497 e. The molecule has 0 spiro atoms. The van der Waals surface area contributed by atoms with Crippen molar-refractivity contribution in [1.29, 1.82) is 0 Å². The van der Waals surface area contributed by atoms with Gasteiger partial charge in [0, 0.05) is 41.6 Å². The molecule has 212 valence electrons. The number of methoxy groups -OCH3 is 2. The monoisotopic (exact) mass is 574 g/mol. The Bertz CT molecular complexity index is 1520. The Morgan fingerprint density at radius 3 is 2.49 bits per heavy atom. The summed E-state index contributed by atoms with van der Waals surface area (Å²) >= 11 is 6.09. The van der Waals surface area contributed by atoms with Gasteiger partial charge < -0.3 is 19.1 Å². The van der Waals surface area contributed by atoms with E-state index in [1.165, 1.54) is 4.90 Å². The largest absolute Gasteiger partial charge is 0.497 e. The fourth-order valence-corrected chi connectivity index (χ4v) is 4.84. The second-order valence-corrected chi connectivity index (χ2v) is 10.1. The van der Waals surface area contributed by atoms with Gasteiger partial charge in [-0.25, -0.2) is 4.98 Å². The van der Waals surface area contributed by atoms with E-state index < -0.39 is 5.91 Å². The summed E-state index contributed by atoms with van der Waals surface area (Å²) < 4.78 is 18.3. The van der Waals surface area contributed by atoms with Gasteiger partial charge in [0.05, 0.1) is 31.7 Å². The highest BCUT2D eigenvalue weighted by molar-refractivity contribution is 6.30. The van der Waals surface area contributed by atoms with Gasteiger partial charge in [-0.3, -0.25) is 19.5 Å². The molecule has 1 unspecified atom stereocenters. The lowest BCUT2D eigenvalue weighted by molar-refractivity contribution is -0.117. The zero-order chi connectivity index (χ0) is 28.8. The first-order chi connectivity index (χ1) is 19.9. The maximum atomic E-state index is 13.6. The average molecular weight is 575 g/mol. The van der Waals surface area contributed by atoms with Crippen LogP contribution in [0.5, 0.6) is 11.5 Å². The molecule has 1 aliphatic rings. The third-order valence-corrected chi connectivity index (χ3v) is 7.07. The number of halogens is 1. The number of hydrogen-bond donors (Lipinski definition) is 1. The van der Waals surface area contributed by atoms with E-state index in [4.69, 9.17) is 30.8 Å². The van der Waals surface area contributed by atoms with Crippen molar-refractivity contribution >= 4 is 29.4 Å². The van der Waals surface area contributed by atoms with Crippen molar-refractivity contribution in [1.82, 2.24) is 14.5 Å². The first-order valence-corrected chi connectivity index (χ1v) is 13.7. The summed E-state index contributed by atoms with van der Waals surface area (Å²) in [5.41, 5.74) is 2.65. The Balaban J connectivity index is 1.43. The van der Waals surface area contributed by atoms with Crippen LogP contribution in [0.15, 0.2) is 79.0 Å². The Morgan fingerprint density at radius 2 is 1.78 bits per heavy atom. The molecule has 1 fully saturated rings. The molecule has 2 amide bonds. The lowest BCUT2D eigenvalue weighted by Crippen LogP contribution is -2.42. The molecule has 1 aliphatic heterocycles. The number of carbonyl (C=O) groups excluding carboxylic acids is 2. The number of carbonyl (C=O) groups is 2. The van der Waals surface area contributed by atoms with Crippen LogP contribution >= 0.6 is 11.6 Å². The second kappa shape index (κ2) is 12.9. The first kappa shape index (κ1) is 28.2. The van der Waals surface area contributed by atoms with Gasteiger partial charge in [0.25, 0.3) is 5.91 Å². The Kier molecular flexibility index (Phi) is 8.86. The SMILES string of the molecule is COc1cccc(C(=O)N(CC(=O)Nc2nc(-c3ccc(Cl)cc3)cn2-c2cccc(OC)c2)CC2CCCO2)c1. The number of rotatable bonds is 10. The normalized spacial score (nSPS) is 14.5. The molecular weight excluding hydrogens is 544 g/mol. The number of hydrogen-bond acceptors (Lipinski definition) is 6. The first-order valence-electron chi connectivity index (χ1n) is 13.3. The predicted octanol–water partition coefficient (Wildman–Crippen LogP) is 5.47. The minimum atomic E-state index is -0.392. The van der Waals surface area contributed by atoms with Crippen molar-refractivity contribution in [2.45, 2.75) is 18.9 Å². The van der Waals surface area contributed by atoms with Crippen LogP contribution in [0.1, 0.15) is 23.2 Å². The van der Waals surface area contributed by atoms with Gasteiger partial charge in [-0.15, -0.1) is 0 Å². The maximum Gasteiger partial charge on any atom is 0.254 e. The van der Waals surface area contributed by atoms with Crippen molar-refractivity contribution in [2.75, 3.05) is 39.2 Å². The molecule has 0 bridgehead atoms. The molecule has 10 heteroatoms. The summed E-state index contributed by atoms with van der Waals surface area (Å²) in [6, 6.07) is 21.6. The molecule has 1 aromatic heterocycles. The molecule has 41 heavy (non-hydrogen) atoms. The van der Waals surface area contributed by atoms with Gasteiger partial charge in [0.2, 0.25) is 11.9 Å². The summed E-state index contributed by atoms with van der Waals surface area (Å²) in [6.45, 7) is 0.754. The van der Waals surface area contributed by atoms with E-state index in [0.29, 0.717) is 46.9 Å². The fraction of sp³-hybridized carbons (Fsp3) is 0.258. The van der Waals surface area contributed by atoms with E-state index in [-0.39, 0.29) is 18.6 Å². The van der Waals surface area contributed by atoms with Gasteiger partial charge in [0.1, 0.15) is 18.0 Å². The zero-order valence-electron chi connectivity index (χ0n) is 22.9. The summed E-state index contributed by atoms with van der Waals surface area (Å²) in [4.78, 5) is 33.3. The molecule has 9 nitrogen and oxygen atoms in total. The zero-order valence-corrected chi connectivity index (χ0v) is 23.6. The Labute approximate surface area is 243 Å². The summed E-state index contributed by atoms with van der Waals surface area (Å²) in [7, 11) is 3.14. The van der Waals surface area contributed by atoms with E-state index in [2.05, 4.69) is 5.32 Å². The van der Waals surface area contributed by atoms with E-state index in [9.17, 15) is 9.59 Å². The van der Waals surface area contributed by atoms with E-state index in [1.54, 1.807) is 55.2 Å². The highest BCUT2D eigenvalue weighted by atomic mass is 35.5. The highest BCUT2D eigenvalue weighted by Gasteiger charge is 2.26. The summed E-state index contributed by atoms with van der Waals surface area (Å²) in [5, 5.41) is 3.53. The molecule has 5 rings (SSSR count). The van der Waals surface area contributed by atoms with Crippen LogP contribution in [0.2, 0.25) is 5.02 Å². The smallest absolute Gasteiger partial charge is 0.254 e. The molecule has 1 saturated heterocycles. The molecule has 1 atom stereocenters. The van der Waals surface area contributed by atoms with Crippen LogP contribution < -0.4 is 14.8 Å². The second-order valence-electron chi connectivity index (χ2n) is 9.63. The van der Waals surface area contributed by atoms with Crippen LogP contribution in [-0.2, 0) is 9.53 Å². The standard InChI is InChI=1S/C31H31ClN4O5/c1-39-25-8-3-6-22(16-25)30(38)35(18-27-10-5-15-41-27)20-29(37)34-31-33-28(21-11-13-23(32)14-12-21)19-36(31)24-7-4-9-26(17-24)40-2/h3-4,6-9,11-14,16-17,19,27H,5,10,15,18,20H2,1-2H3,(H,33,34,37). The van der Waals surface area contributed by atoms with Gasteiger partial charge in [0.15, 0.2) is 0 Å². The number of benzene rings is 3. The van der Waals surface area contributed by atoms with Crippen molar-refractivity contribution in [3.8, 4) is 28.4 Å². The Hall–Kier alpha value is -4.34. The molecule has 0 saturated carbocycles. The minimum absolute atomic E-state index is 0.132. The van der Waals surface area contributed by atoms with Crippen molar-refractivity contribution in [3.63, 3.8) is 0 Å². The molecule has 4 aromatic rings. The van der Waals surface area contributed by atoms with Crippen LogP contribution in [0.3, 0.4) is 0 Å². The van der Waals surface area contributed by atoms with Gasteiger partial charge in [-0.05, 0) is 55.3 Å². The molecule has 3 aromatic carbocycles. The van der Waals surface area contributed by atoms with Gasteiger partial charge in [-0.2, -0.15) is 0 Å².